The van der Waals surface area contributed by atoms with Crippen LogP contribution in [-0.4, -0.2) is 38.0 Å². The van der Waals surface area contributed by atoms with Crippen molar-refractivity contribution in [2.24, 2.45) is 0 Å². The third-order valence-corrected chi connectivity index (χ3v) is 6.88. The lowest BCUT2D eigenvalue weighted by Crippen LogP contribution is -2.38. The number of esters is 1. The zero-order valence-corrected chi connectivity index (χ0v) is 20.3. The summed E-state index contributed by atoms with van der Waals surface area (Å²) < 4.78 is 10.2. The smallest absolute Gasteiger partial charge is 0.338 e. The molecule has 0 saturated heterocycles. The zero-order valence-electron chi connectivity index (χ0n) is 19.5. The van der Waals surface area contributed by atoms with Crippen molar-refractivity contribution in [3.8, 4) is 5.75 Å². The molecule has 0 unspecified atom stereocenters. The summed E-state index contributed by atoms with van der Waals surface area (Å²) in [5.41, 5.74) is 2.67. The van der Waals surface area contributed by atoms with Crippen LogP contribution < -0.4 is 15.0 Å². The second-order valence-corrected chi connectivity index (χ2v) is 9.12. The molecule has 0 radical (unpaired) electrons. The minimum Gasteiger partial charge on any atom is -0.497 e. The lowest BCUT2D eigenvalue weighted by molar-refractivity contribution is -0.121. The van der Waals surface area contributed by atoms with Crippen molar-refractivity contribution in [1.29, 1.82) is 0 Å². The van der Waals surface area contributed by atoms with E-state index in [1.54, 1.807) is 50.1 Å². The first-order valence-electron chi connectivity index (χ1n) is 11.3. The van der Waals surface area contributed by atoms with Crippen molar-refractivity contribution in [2.45, 2.75) is 23.5 Å². The predicted octanol–water partition coefficient (Wildman–Crippen LogP) is 5.08. The molecule has 0 aromatic heterocycles. The van der Waals surface area contributed by atoms with E-state index in [2.05, 4.69) is 5.32 Å². The highest BCUT2D eigenvalue weighted by molar-refractivity contribution is 7.99. The number of ether oxygens (including phenoxy) is 2. The lowest BCUT2D eigenvalue weighted by Gasteiger charge is -2.22. The fraction of sp³-hybridized carbons (Fsp3) is 0.222. The average Bonchev–Trinajstić information content (AvgIpc) is 3.01. The number of rotatable bonds is 7. The fourth-order valence-corrected chi connectivity index (χ4v) is 5.09. The van der Waals surface area contributed by atoms with Gasteiger partial charge in [-0.25, -0.2) is 4.79 Å². The first-order chi connectivity index (χ1) is 17.0. The van der Waals surface area contributed by atoms with Crippen LogP contribution in [0.15, 0.2) is 77.7 Å². The van der Waals surface area contributed by atoms with Gasteiger partial charge in [-0.1, -0.05) is 24.3 Å². The molecule has 35 heavy (non-hydrogen) atoms. The number of hydrogen-bond acceptors (Lipinski definition) is 6. The Kier molecular flexibility index (Phi) is 7.72. The molecule has 0 saturated carbocycles. The maximum Gasteiger partial charge on any atom is 0.338 e. The van der Waals surface area contributed by atoms with Crippen molar-refractivity contribution >= 4 is 40.9 Å². The number of hydrogen-bond donors (Lipinski definition) is 1. The van der Waals surface area contributed by atoms with Gasteiger partial charge in [0.25, 0.3) is 0 Å². The van der Waals surface area contributed by atoms with E-state index in [4.69, 9.17) is 9.47 Å². The van der Waals surface area contributed by atoms with Gasteiger partial charge in [-0.05, 0) is 61.0 Å². The number of nitrogens with one attached hydrogen (secondary N) is 1. The number of amides is 2. The zero-order chi connectivity index (χ0) is 24.8. The van der Waals surface area contributed by atoms with Crippen LogP contribution >= 0.6 is 11.8 Å². The van der Waals surface area contributed by atoms with Crippen LogP contribution in [-0.2, 0) is 14.3 Å². The van der Waals surface area contributed by atoms with Crippen LogP contribution in [0.3, 0.4) is 0 Å². The highest BCUT2D eigenvalue weighted by Gasteiger charge is 2.30. The summed E-state index contributed by atoms with van der Waals surface area (Å²) >= 11 is 1.61. The summed E-state index contributed by atoms with van der Waals surface area (Å²) in [6, 6.07) is 21.8. The van der Waals surface area contributed by atoms with Crippen LogP contribution in [0.5, 0.6) is 5.75 Å². The molecular weight excluding hydrogens is 464 g/mol. The normalized spacial score (nSPS) is 15.1. The summed E-state index contributed by atoms with van der Waals surface area (Å²) in [7, 11) is 1.62. The third-order valence-electron chi connectivity index (χ3n) is 5.56. The van der Waals surface area contributed by atoms with Crippen LogP contribution in [0.25, 0.3) is 0 Å². The van der Waals surface area contributed by atoms with Gasteiger partial charge >= 0.3 is 5.97 Å². The summed E-state index contributed by atoms with van der Waals surface area (Å²) in [6.07, 6.45) is 0.257. The molecule has 1 N–H and O–H groups in total. The van der Waals surface area contributed by atoms with Crippen LogP contribution in [0.2, 0.25) is 0 Å². The largest absolute Gasteiger partial charge is 0.497 e. The van der Waals surface area contributed by atoms with E-state index in [9.17, 15) is 14.4 Å². The maximum atomic E-state index is 13.3. The van der Waals surface area contributed by atoms with Gasteiger partial charge in [-0.2, -0.15) is 0 Å². The van der Waals surface area contributed by atoms with Gasteiger partial charge in [0.15, 0.2) is 0 Å². The predicted molar refractivity (Wildman–Crippen MR) is 136 cm³/mol. The van der Waals surface area contributed by atoms with E-state index in [0.717, 1.165) is 16.2 Å². The third kappa shape index (κ3) is 5.84. The van der Waals surface area contributed by atoms with Crippen LogP contribution in [0, 0.1) is 0 Å². The summed E-state index contributed by atoms with van der Waals surface area (Å²) in [5.74, 6) is -0.116. The van der Waals surface area contributed by atoms with Crippen molar-refractivity contribution in [2.75, 3.05) is 30.5 Å². The Morgan fingerprint density at radius 3 is 2.43 bits per heavy atom. The molecule has 2 amide bonds. The van der Waals surface area contributed by atoms with Gasteiger partial charge < -0.3 is 19.7 Å². The standard InChI is InChI=1S/C27H26N2O5S/c1-3-34-27(32)19-8-12-20(13-9-19)28-25(30)17-29-22-6-4-5-7-23(22)35-24(16-26(29)31)18-10-14-21(33-2)15-11-18/h4-15,24H,3,16-17H2,1-2H3,(H,28,30)/t24-/m0/s1. The number of carbonyl (C=O) groups is 3. The summed E-state index contributed by atoms with van der Waals surface area (Å²) in [6.45, 7) is 1.91. The maximum absolute atomic E-state index is 13.3. The fourth-order valence-electron chi connectivity index (χ4n) is 3.80. The number of anilines is 2. The molecule has 1 atom stereocenters. The molecule has 8 heteroatoms. The topological polar surface area (TPSA) is 84.9 Å². The van der Waals surface area contributed by atoms with Crippen molar-refractivity contribution < 1.29 is 23.9 Å². The molecule has 7 nitrogen and oxygen atoms in total. The van der Waals surface area contributed by atoms with Gasteiger partial charge in [-0.3, -0.25) is 9.59 Å². The van der Waals surface area contributed by atoms with E-state index in [-0.39, 0.29) is 30.0 Å². The van der Waals surface area contributed by atoms with Crippen LogP contribution in [0.1, 0.15) is 34.5 Å². The highest BCUT2D eigenvalue weighted by Crippen LogP contribution is 2.45. The van der Waals surface area contributed by atoms with Crippen molar-refractivity contribution in [1.82, 2.24) is 0 Å². The van der Waals surface area contributed by atoms with E-state index in [0.29, 0.717) is 23.5 Å². The Balaban J connectivity index is 1.49. The number of para-hydroxylation sites is 1. The Bertz CT molecular complexity index is 1210. The minimum atomic E-state index is -0.416. The van der Waals surface area contributed by atoms with E-state index in [1.807, 2.05) is 48.5 Å². The molecule has 1 heterocycles. The molecule has 0 aliphatic carbocycles. The van der Waals surface area contributed by atoms with E-state index >= 15 is 0 Å². The van der Waals surface area contributed by atoms with Gasteiger partial charge in [0.1, 0.15) is 12.3 Å². The number of benzene rings is 3. The molecule has 4 rings (SSSR count). The first-order valence-corrected chi connectivity index (χ1v) is 12.1. The lowest BCUT2D eigenvalue weighted by atomic mass is 10.1. The van der Waals surface area contributed by atoms with Gasteiger partial charge in [0.05, 0.1) is 25.0 Å². The molecule has 1 aliphatic rings. The molecule has 180 valence electrons. The van der Waals surface area contributed by atoms with Crippen molar-refractivity contribution in [3.05, 3.63) is 83.9 Å². The van der Waals surface area contributed by atoms with E-state index in [1.165, 1.54) is 4.90 Å². The quantitative estimate of drug-likeness (QED) is 0.465. The summed E-state index contributed by atoms with van der Waals surface area (Å²) in [5, 5.41) is 2.72. The molecule has 0 bridgehead atoms. The first kappa shape index (κ1) is 24.3. The second kappa shape index (κ2) is 11.1. The molecule has 0 fully saturated rings. The monoisotopic (exact) mass is 490 g/mol. The molecule has 0 spiro atoms. The molecule has 3 aromatic carbocycles. The number of nitrogens with zero attached hydrogens (tertiary/aromatic N) is 1. The minimum absolute atomic E-state index is 0.0851. The molecule has 3 aromatic rings. The van der Waals surface area contributed by atoms with Gasteiger partial charge in [-0.15, -0.1) is 11.8 Å². The molecule has 1 aliphatic heterocycles. The average molecular weight is 491 g/mol. The number of methoxy groups -OCH3 is 1. The Labute approximate surface area is 208 Å². The van der Waals surface area contributed by atoms with E-state index < -0.39 is 5.97 Å². The number of fused-ring (bicyclic) bond motifs is 1. The SMILES string of the molecule is CCOC(=O)c1ccc(NC(=O)CN2C(=O)C[C@@H](c3ccc(OC)cc3)Sc3ccccc32)cc1. The second-order valence-electron chi connectivity index (χ2n) is 7.88. The Morgan fingerprint density at radius 1 is 1.03 bits per heavy atom. The summed E-state index contributed by atoms with van der Waals surface area (Å²) in [4.78, 5) is 40.5. The Morgan fingerprint density at radius 2 is 1.74 bits per heavy atom. The Hall–Kier alpha value is -3.78. The highest BCUT2D eigenvalue weighted by atomic mass is 32.2. The number of carbonyl (C=O) groups excluding carboxylic acids is 3. The molecular formula is C27H26N2O5S. The van der Waals surface area contributed by atoms with Crippen molar-refractivity contribution in [3.63, 3.8) is 0 Å². The van der Waals surface area contributed by atoms with Gasteiger partial charge in [0.2, 0.25) is 11.8 Å². The van der Waals surface area contributed by atoms with Crippen LogP contribution in [0.4, 0.5) is 11.4 Å². The van der Waals surface area contributed by atoms with Gasteiger partial charge in [0, 0.05) is 22.3 Å². The number of thioether (sulfide) groups is 1.